The number of hydrazone groups is 1. The normalized spacial score (nSPS) is 15.6. The molecule has 1 aromatic carbocycles. The van der Waals surface area contributed by atoms with Gasteiger partial charge in [-0.15, -0.1) is 0 Å². The Morgan fingerprint density at radius 2 is 1.82 bits per heavy atom. The van der Waals surface area contributed by atoms with Crippen LogP contribution in [0.15, 0.2) is 41.5 Å². The van der Waals surface area contributed by atoms with E-state index >= 15 is 0 Å². The van der Waals surface area contributed by atoms with E-state index in [9.17, 15) is 4.79 Å². The number of hydrogen-bond acceptors (Lipinski definition) is 7. The molecule has 4 rings (SSSR count). The largest absolute Gasteiger partial charge is 0.378 e. The zero-order valence-corrected chi connectivity index (χ0v) is 20.5. The maximum atomic E-state index is 11.9. The number of aryl methyl sites for hydroxylation is 1. The van der Waals surface area contributed by atoms with Gasteiger partial charge in [0.15, 0.2) is 11.5 Å². The zero-order chi connectivity index (χ0) is 24.2. The highest BCUT2D eigenvalue weighted by atomic mass is 16.5. The number of ether oxygens (including phenoxy) is 1. The molecule has 3 aromatic rings. The summed E-state index contributed by atoms with van der Waals surface area (Å²) in [6.07, 6.45) is 0. The highest BCUT2D eigenvalue weighted by Crippen LogP contribution is 2.32. The number of rotatable bonds is 7. The fourth-order valence-corrected chi connectivity index (χ4v) is 4.17. The summed E-state index contributed by atoms with van der Waals surface area (Å²) in [5.74, 6) is 1.50. The van der Waals surface area contributed by atoms with Crippen LogP contribution in [-0.4, -0.2) is 52.5 Å². The van der Waals surface area contributed by atoms with E-state index in [1.165, 1.54) is 6.92 Å². The van der Waals surface area contributed by atoms with E-state index in [1.54, 1.807) is 0 Å². The lowest BCUT2D eigenvalue weighted by Gasteiger charge is -2.29. The molecule has 2 N–H and O–H groups in total. The summed E-state index contributed by atoms with van der Waals surface area (Å²) in [5.41, 5.74) is 7.59. The minimum Gasteiger partial charge on any atom is -0.378 e. The Morgan fingerprint density at radius 1 is 1.12 bits per heavy atom. The second-order valence-electron chi connectivity index (χ2n) is 8.92. The van der Waals surface area contributed by atoms with Gasteiger partial charge in [0.2, 0.25) is 5.91 Å². The van der Waals surface area contributed by atoms with Gasteiger partial charge in [-0.05, 0) is 18.4 Å². The molecule has 0 spiro atoms. The predicted molar refractivity (Wildman–Crippen MR) is 135 cm³/mol. The lowest BCUT2D eigenvalue weighted by Crippen LogP contribution is -2.36. The van der Waals surface area contributed by atoms with E-state index in [4.69, 9.17) is 14.7 Å². The van der Waals surface area contributed by atoms with Gasteiger partial charge in [0, 0.05) is 33.1 Å². The summed E-state index contributed by atoms with van der Waals surface area (Å²) in [4.78, 5) is 24.0. The predicted octanol–water partition coefficient (Wildman–Crippen LogP) is 3.47. The zero-order valence-electron chi connectivity index (χ0n) is 20.5. The van der Waals surface area contributed by atoms with Crippen LogP contribution in [0.25, 0.3) is 11.2 Å². The van der Waals surface area contributed by atoms with Gasteiger partial charge in [-0.1, -0.05) is 44.2 Å². The Labute approximate surface area is 200 Å². The van der Waals surface area contributed by atoms with Crippen LogP contribution in [0.5, 0.6) is 0 Å². The number of aromatic nitrogens is 3. The van der Waals surface area contributed by atoms with Crippen molar-refractivity contribution in [2.24, 2.45) is 18.1 Å². The van der Waals surface area contributed by atoms with Crippen molar-refractivity contribution >= 4 is 34.3 Å². The number of anilines is 2. The van der Waals surface area contributed by atoms with Crippen LogP contribution in [-0.2, 0) is 16.6 Å². The maximum absolute atomic E-state index is 11.9. The molecule has 0 saturated carbocycles. The first-order chi connectivity index (χ1) is 16.3. The van der Waals surface area contributed by atoms with Gasteiger partial charge >= 0.3 is 0 Å². The molecule has 2 aromatic heterocycles. The topological polar surface area (TPSA) is 96.7 Å². The molecular weight excluding hydrogens is 430 g/mol. The number of morpholine rings is 1. The number of carbonyl (C=O) groups is 1. The summed E-state index contributed by atoms with van der Waals surface area (Å²) < 4.78 is 7.54. The molecule has 0 aliphatic carbocycles. The third-order valence-corrected chi connectivity index (χ3v) is 6.03. The molecule has 1 atom stereocenters. The molecule has 1 amide bonds. The van der Waals surface area contributed by atoms with Crippen LogP contribution in [0.2, 0.25) is 0 Å². The highest BCUT2D eigenvalue weighted by molar-refractivity contribution is 5.99. The molecule has 0 radical (unpaired) electrons. The lowest BCUT2D eigenvalue weighted by molar-refractivity contribution is -0.120. The van der Waals surface area contributed by atoms with Crippen molar-refractivity contribution in [1.82, 2.24) is 19.9 Å². The number of nitrogens with zero attached hydrogens (tertiary/aromatic N) is 5. The number of imidazole rings is 1. The average molecular weight is 464 g/mol. The van der Waals surface area contributed by atoms with Gasteiger partial charge in [-0.3, -0.25) is 10.2 Å². The Balaban J connectivity index is 1.78. The maximum Gasteiger partial charge on any atom is 0.217 e. The third-order valence-electron chi connectivity index (χ3n) is 6.03. The molecule has 0 bridgehead atoms. The second-order valence-corrected chi connectivity index (χ2v) is 8.92. The smallest absolute Gasteiger partial charge is 0.217 e. The minimum absolute atomic E-state index is 0.0831. The summed E-state index contributed by atoms with van der Waals surface area (Å²) >= 11 is 0. The van der Waals surface area contributed by atoms with Crippen LogP contribution in [0, 0.1) is 5.92 Å². The van der Waals surface area contributed by atoms with Crippen LogP contribution < -0.4 is 15.6 Å². The number of fused-ring (bicyclic) bond motifs is 1. The molecule has 1 saturated heterocycles. The average Bonchev–Trinajstić information content (AvgIpc) is 3.17. The molecule has 34 heavy (non-hydrogen) atoms. The van der Waals surface area contributed by atoms with E-state index in [2.05, 4.69) is 34.6 Å². The molecule has 1 aliphatic heterocycles. The Kier molecular flexibility index (Phi) is 7.12. The summed E-state index contributed by atoms with van der Waals surface area (Å²) in [6, 6.07) is 11.8. The van der Waals surface area contributed by atoms with Crippen molar-refractivity contribution in [3.63, 3.8) is 0 Å². The van der Waals surface area contributed by atoms with Crippen molar-refractivity contribution in [1.29, 1.82) is 0 Å². The molecular formula is C25H33N7O2. The van der Waals surface area contributed by atoms with Crippen molar-refractivity contribution in [2.45, 2.75) is 33.7 Å². The van der Waals surface area contributed by atoms with Crippen molar-refractivity contribution in [3.8, 4) is 0 Å². The van der Waals surface area contributed by atoms with E-state index in [1.807, 2.05) is 54.9 Å². The molecule has 1 fully saturated rings. The van der Waals surface area contributed by atoms with Gasteiger partial charge in [-0.25, -0.2) is 9.97 Å². The molecule has 180 valence electrons. The summed E-state index contributed by atoms with van der Waals surface area (Å²) in [7, 11) is 1.94. The number of carbonyl (C=O) groups excluding carboxylic acids is 1. The van der Waals surface area contributed by atoms with Crippen LogP contribution in [0.3, 0.4) is 0 Å². The van der Waals surface area contributed by atoms with Crippen LogP contribution >= 0.6 is 0 Å². The third kappa shape index (κ3) is 5.04. The standard InChI is InChI=1S/C25H33N7O2/c1-16(2)22(26-18(4)33)24-28-23-20(32-11-13-34-14-12-32)15-21(27-25(23)31(24)5)30-29-17(3)19-9-7-6-8-10-19/h6-10,15-16,22H,11-14H2,1-5H3,(H,26,33)(H,27,30)/b29-17+/t22-/m0/s1. The van der Waals surface area contributed by atoms with Gasteiger partial charge in [0.1, 0.15) is 11.3 Å². The fraction of sp³-hybridized carbons (Fsp3) is 0.440. The monoisotopic (exact) mass is 463 g/mol. The molecule has 9 heteroatoms. The second kappa shape index (κ2) is 10.2. The Morgan fingerprint density at radius 3 is 2.47 bits per heavy atom. The Bertz CT molecular complexity index is 1180. The van der Waals surface area contributed by atoms with Crippen molar-refractivity contribution < 1.29 is 9.53 Å². The fourth-order valence-electron chi connectivity index (χ4n) is 4.17. The first kappa shape index (κ1) is 23.7. The Hall–Kier alpha value is -3.46. The van der Waals surface area contributed by atoms with E-state index in [-0.39, 0.29) is 17.9 Å². The first-order valence-corrected chi connectivity index (χ1v) is 11.7. The van der Waals surface area contributed by atoms with Gasteiger partial charge in [0.25, 0.3) is 0 Å². The van der Waals surface area contributed by atoms with Gasteiger partial charge < -0.3 is 19.5 Å². The van der Waals surface area contributed by atoms with Crippen LogP contribution in [0.4, 0.5) is 11.5 Å². The van der Waals surface area contributed by atoms with Crippen LogP contribution in [0.1, 0.15) is 45.1 Å². The van der Waals surface area contributed by atoms with Gasteiger partial charge in [0.05, 0.1) is 30.7 Å². The van der Waals surface area contributed by atoms with Crippen molar-refractivity contribution in [2.75, 3.05) is 36.6 Å². The summed E-state index contributed by atoms with van der Waals surface area (Å²) in [6.45, 7) is 10.5. The number of nitrogens with one attached hydrogen (secondary N) is 2. The minimum atomic E-state index is -0.219. The molecule has 1 aliphatic rings. The van der Waals surface area contributed by atoms with E-state index in [0.29, 0.717) is 19.0 Å². The SMILES string of the molecule is CC(=O)N[C@H](c1nc2c(N3CCOCC3)cc(N/N=C(\C)c3ccccc3)nc2n1C)C(C)C. The summed E-state index contributed by atoms with van der Waals surface area (Å²) in [5, 5.41) is 7.62. The molecule has 3 heterocycles. The van der Waals surface area contributed by atoms with Gasteiger partial charge in [-0.2, -0.15) is 5.10 Å². The number of hydrogen-bond donors (Lipinski definition) is 2. The van der Waals surface area contributed by atoms with E-state index < -0.39 is 0 Å². The highest BCUT2D eigenvalue weighted by Gasteiger charge is 2.26. The van der Waals surface area contributed by atoms with Crippen molar-refractivity contribution in [3.05, 3.63) is 47.8 Å². The first-order valence-electron chi connectivity index (χ1n) is 11.7. The number of amides is 1. The lowest BCUT2D eigenvalue weighted by atomic mass is 10.0. The quantitative estimate of drug-likeness (QED) is 0.411. The van der Waals surface area contributed by atoms with E-state index in [0.717, 1.165) is 47.0 Å². The number of benzene rings is 1. The number of pyridine rings is 1. The molecule has 9 nitrogen and oxygen atoms in total. The molecule has 0 unspecified atom stereocenters.